The van der Waals surface area contributed by atoms with Crippen molar-refractivity contribution in [2.45, 2.75) is 25.6 Å². The zero-order valence-corrected chi connectivity index (χ0v) is 8.96. The largest absolute Gasteiger partial charge is 0.480 e. The van der Waals surface area contributed by atoms with E-state index in [1.165, 1.54) is 13.8 Å². The Hall–Kier alpha value is -1.47. The molecule has 0 radical (unpaired) electrons. The van der Waals surface area contributed by atoms with Crippen LogP contribution in [-0.4, -0.2) is 47.4 Å². The second-order valence-electron chi connectivity index (χ2n) is 3.59. The third-order valence-electron chi connectivity index (χ3n) is 2.00. The minimum Gasteiger partial charge on any atom is -0.480 e. The second kappa shape index (κ2) is 4.58. The van der Waals surface area contributed by atoms with E-state index in [0.717, 1.165) is 7.05 Å². The number of hydrogen-bond donors (Lipinski definition) is 1. The number of likely N-dealkylation sites (N-methyl/N-ethyl adjacent to an activating group) is 1. The summed E-state index contributed by atoms with van der Waals surface area (Å²) in [5.74, 6) is -1.35. The molecule has 0 bridgehead atoms. The summed E-state index contributed by atoms with van der Waals surface area (Å²) in [4.78, 5) is 22.4. The highest BCUT2D eigenvalue weighted by atomic mass is 19.4. The topological polar surface area (TPSA) is 66.8 Å². The summed E-state index contributed by atoms with van der Waals surface area (Å²) in [6.07, 6.45) is -5.98. The number of carboxylic acid groups (broad SMARTS) is 1. The van der Waals surface area contributed by atoms with Crippen molar-refractivity contribution < 1.29 is 32.6 Å². The highest BCUT2D eigenvalue weighted by Crippen LogP contribution is 2.17. The summed E-state index contributed by atoms with van der Waals surface area (Å²) in [6, 6.07) is 0. The van der Waals surface area contributed by atoms with Crippen LogP contribution in [-0.2, 0) is 9.53 Å². The summed E-state index contributed by atoms with van der Waals surface area (Å²) in [5.41, 5.74) is -1.64. The predicted molar refractivity (Wildman–Crippen MR) is 46.9 cm³/mol. The van der Waals surface area contributed by atoms with E-state index < -0.39 is 30.4 Å². The molecule has 0 spiro atoms. The number of carboxylic acids is 1. The molecule has 0 heterocycles. The van der Waals surface area contributed by atoms with Crippen LogP contribution in [0.2, 0.25) is 0 Å². The van der Waals surface area contributed by atoms with E-state index in [1.807, 2.05) is 0 Å². The number of hydrogen-bond acceptors (Lipinski definition) is 3. The number of carbonyl (C=O) groups is 2. The first kappa shape index (κ1) is 14.5. The summed E-state index contributed by atoms with van der Waals surface area (Å²) >= 11 is 0. The van der Waals surface area contributed by atoms with Crippen molar-refractivity contribution in [3.05, 3.63) is 0 Å². The minimum atomic E-state index is -4.64. The van der Waals surface area contributed by atoms with Crippen LogP contribution in [0.15, 0.2) is 0 Å². The number of rotatable bonds is 3. The van der Waals surface area contributed by atoms with E-state index in [4.69, 9.17) is 5.11 Å². The fourth-order valence-electron chi connectivity index (χ4n) is 0.612. The van der Waals surface area contributed by atoms with Gasteiger partial charge in [-0.05, 0) is 13.8 Å². The maximum absolute atomic E-state index is 11.7. The number of aliphatic carboxylic acids is 1. The summed E-state index contributed by atoms with van der Waals surface area (Å²) in [5, 5.41) is 8.72. The van der Waals surface area contributed by atoms with Gasteiger partial charge in [-0.3, -0.25) is 4.90 Å². The molecule has 1 N–H and O–H groups in total. The molecule has 0 aliphatic heterocycles. The molecule has 16 heavy (non-hydrogen) atoms. The van der Waals surface area contributed by atoms with Gasteiger partial charge in [0.2, 0.25) is 0 Å². The van der Waals surface area contributed by atoms with Crippen LogP contribution in [0.1, 0.15) is 13.8 Å². The van der Waals surface area contributed by atoms with Crippen molar-refractivity contribution in [3.8, 4) is 0 Å². The lowest BCUT2D eigenvalue weighted by atomic mass is 10.1. The Morgan fingerprint density at radius 2 is 1.75 bits per heavy atom. The summed E-state index contributed by atoms with van der Waals surface area (Å²) in [6.45, 7) is 0.597. The third-order valence-corrected chi connectivity index (χ3v) is 2.00. The van der Waals surface area contributed by atoms with Crippen molar-refractivity contribution in [1.82, 2.24) is 4.90 Å². The van der Waals surface area contributed by atoms with Crippen molar-refractivity contribution in [2.24, 2.45) is 0 Å². The number of amides is 1. The van der Waals surface area contributed by atoms with Gasteiger partial charge in [-0.1, -0.05) is 0 Å². The average molecular weight is 243 g/mol. The summed E-state index contributed by atoms with van der Waals surface area (Å²) < 4.78 is 39.1. The van der Waals surface area contributed by atoms with Gasteiger partial charge < -0.3 is 9.84 Å². The third kappa shape index (κ3) is 3.95. The molecule has 0 aliphatic rings. The normalized spacial score (nSPS) is 12.1. The van der Waals surface area contributed by atoms with Gasteiger partial charge in [-0.2, -0.15) is 13.2 Å². The van der Waals surface area contributed by atoms with Crippen LogP contribution < -0.4 is 0 Å². The molecule has 0 atom stereocenters. The van der Waals surface area contributed by atoms with Crippen LogP contribution in [0.4, 0.5) is 18.0 Å². The lowest BCUT2D eigenvalue weighted by Gasteiger charge is -2.30. The molecule has 0 saturated carbocycles. The van der Waals surface area contributed by atoms with Crippen LogP contribution in [0, 0.1) is 0 Å². The fraction of sp³-hybridized carbons (Fsp3) is 0.750. The Morgan fingerprint density at radius 3 is 2.06 bits per heavy atom. The van der Waals surface area contributed by atoms with Gasteiger partial charge >= 0.3 is 18.2 Å². The molecule has 0 aliphatic carbocycles. The molecule has 0 saturated heterocycles. The molecular weight excluding hydrogens is 231 g/mol. The van der Waals surface area contributed by atoms with Gasteiger partial charge in [0.05, 0.1) is 0 Å². The van der Waals surface area contributed by atoms with E-state index in [0.29, 0.717) is 4.90 Å². The van der Waals surface area contributed by atoms with E-state index >= 15 is 0 Å². The monoisotopic (exact) mass is 243 g/mol. The predicted octanol–water partition coefficient (Wildman–Crippen LogP) is 1.48. The first-order chi connectivity index (χ1) is 6.98. The molecule has 0 aromatic heterocycles. The highest BCUT2D eigenvalue weighted by molar-refractivity contribution is 5.83. The van der Waals surface area contributed by atoms with Crippen LogP contribution in [0.3, 0.4) is 0 Å². The molecule has 5 nitrogen and oxygen atoms in total. The van der Waals surface area contributed by atoms with Crippen LogP contribution in [0.25, 0.3) is 0 Å². The number of ether oxygens (including phenoxy) is 1. The van der Waals surface area contributed by atoms with Crippen molar-refractivity contribution >= 4 is 12.1 Å². The lowest BCUT2D eigenvalue weighted by Crippen LogP contribution is -2.51. The Bertz CT molecular complexity index is 287. The molecule has 0 unspecified atom stereocenters. The number of carbonyl (C=O) groups excluding carboxylic acids is 1. The molecule has 0 fully saturated rings. The zero-order valence-electron chi connectivity index (χ0n) is 8.96. The molecule has 0 aromatic rings. The molecule has 0 aromatic carbocycles. The van der Waals surface area contributed by atoms with Gasteiger partial charge in [0.25, 0.3) is 0 Å². The van der Waals surface area contributed by atoms with Gasteiger partial charge in [0.15, 0.2) is 6.61 Å². The Kier molecular flexibility index (Phi) is 4.16. The van der Waals surface area contributed by atoms with Gasteiger partial charge in [0.1, 0.15) is 5.54 Å². The Morgan fingerprint density at radius 1 is 1.31 bits per heavy atom. The molecule has 0 rings (SSSR count). The molecule has 94 valence electrons. The smallest absolute Gasteiger partial charge is 0.422 e. The van der Waals surface area contributed by atoms with Crippen LogP contribution >= 0.6 is 0 Å². The SMILES string of the molecule is CN(C(=O)OCC(F)(F)F)C(C)(C)C(=O)O. The van der Waals surface area contributed by atoms with E-state index in [-0.39, 0.29) is 0 Å². The molecule has 8 heteroatoms. The molecular formula is C8H12F3NO4. The van der Waals surface area contributed by atoms with Gasteiger partial charge in [0, 0.05) is 7.05 Å². The standard InChI is InChI=1S/C8H12F3NO4/c1-7(2,5(13)14)12(3)6(15)16-4-8(9,10)11/h4H2,1-3H3,(H,13,14). The summed E-state index contributed by atoms with van der Waals surface area (Å²) in [7, 11) is 1.05. The van der Waals surface area contributed by atoms with Crippen LogP contribution in [0.5, 0.6) is 0 Å². The highest BCUT2D eigenvalue weighted by Gasteiger charge is 2.38. The minimum absolute atomic E-state index is 0.584. The quantitative estimate of drug-likeness (QED) is 0.815. The fourth-order valence-corrected chi connectivity index (χ4v) is 0.612. The second-order valence-corrected chi connectivity index (χ2v) is 3.59. The van der Waals surface area contributed by atoms with E-state index in [2.05, 4.69) is 4.74 Å². The first-order valence-electron chi connectivity index (χ1n) is 4.19. The van der Waals surface area contributed by atoms with Gasteiger partial charge in [-0.15, -0.1) is 0 Å². The Balaban J connectivity index is 4.46. The van der Waals surface area contributed by atoms with Crippen molar-refractivity contribution in [3.63, 3.8) is 0 Å². The maximum atomic E-state index is 11.7. The number of nitrogens with zero attached hydrogens (tertiary/aromatic N) is 1. The van der Waals surface area contributed by atoms with Gasteiger partial charge in [-0.25, -0.2) is 9.59 Å². The van der Waals surface area contributed by atoms with E-state index in [9.17, 15) is 22.8 Å². The molecule has 1 amide bonds. The Labute approximate surface area is 89.8 Å². The lowest BCUT2D eigenvalue weighted by molar-refractivity contribution is -0.164. The van der Waals surface area contributed by atoms with Crippen molar-refractivity contribution in [2.75, 3.05) is 13.7 Å². The van der Waals surface area contributed by atoms with E-state index in [1.54, 1.807) is 0 Å². The number of alkyl halides is 3. The average Bonchev–Trinajstić information content (AvgIpc) is 2.11. The maximum Gasteiger partial charge on any atom is 0.422 e. The number of halogens is 3. The first-order valence-corrected chi connectivity index (χ1v) is 4.19. The van der Waals surface area contributed by atoms with Crippen molar-refractivity contribution in [1.29, 1.82) is 0 Å². The zero-order chi connectivity index (χ0) is 13.1.